The topological polar surface area (TPSA) is 27.1 Å². The molecule has 0 atom stereocenters. The van der Waals surface area contributed by atoms with Gasteiger partial charge in [-0.25, -0.2) is 0 Å². The molecule has 2 heteroatoms. The molecule has 0 bridgehead atoms. The number of nitrogens with zero attached hydrogens (tertiary/aromatic N) is 1. The van der Waals surface area contributed by atoms with Crippen molar-refractivity contribution >= 4 is 6.21 Å². The van der Waals surface area contributed by atoms with Crippen LogP contribution in [0.4, 0.5) is 0 Å². The van der Waals surface area contributed by atoms with Gasteiger partial charge in [0.25, 0.3) is 0 Å². The molecule has 0 saturated heterocycles. The standard InChI is InChI=1S/C5H10N2/c1-7(2)5-3-4-6/h3-6H,1-2H3. The fourth-order valence-corrected chi connectivity index (χ4v) is 0.215. The second kappa shape index (κ2) is 3.40. The summed E-state index contributed by atoms with van der Waals surface area (Å²) in [5.74, 6) is 0. The van der Waals surface area contributed by atoms with E-state index in [9.17, 15) is 0 Å². The first-order chi connectivity index (χ1) is 3.27. The largest absolute Gasteiger partial charge is 0.383 e. The Morgan fingerprint density at radius 2 is 2.00 bits per heavy atom. The van der Waals surface area contributed by atoms with Crippen LogP contribution in [0.25, 0.3) is 0 Å². The third kappa shape index (κ3) is 5.21. The Kier molecular flexibility index (Phi) is 3.02. The van der Waals surface area contributed by atoms with Gasteiger partial charge in [0.15, 0.2) is 0 Å². The Morgan fingerprint density at radius 1 is 1.43 bits per heavy atom. The van der Waals surface area contributed by atoms with E-state index in [0.717, 1.165) is 0 Å². The van der Waals surface area contributed by atoms with Gasteiger partial charge < -0.3 is 10.3 Å². The molecular formula is C5H10N2. The van der Waals surface area contributed by atoms with Crippen molar-refractivity contribution in [2.75, 3.05) is 14.1 Å². The monoisotopic (exact) mass is 98.1 g/mol. The third-order valence-electron chi connectivity index (χ3n) is 0.480. The van der Waals surface area contributed by atoms with Crippen LogP contribution in [0, 0.1) is 5.41 Å². The summed E-state index contributed by atoms with van der Waals surface area (Å²) in [4.78, 5) is 1.88. The second-order valence-electron chi connectivity index (χ2n) is 1.47. The predicted octanol–water partition coefficient (Wildman–Crippen LogP) is 0.711. The molecule has 2 nitrogen and oxygen atoms in total. The normalized spacial score (nSPS) is 9.43. The highest BCUT2D eigenvalue weighted by molar-refractivity contribution is 5.67. The minimum atomic E-state index is 1.25. The van der Waals surface area contributed by atoms with E-state index in [1.54, 1.807) is 6.08 Å². The van der Waals surface area contributed by atoms with Crippen LogP contribution >= 0.6 is 0 Å². The van der Waals surface area contributed by atoms with E-state index >= 15 is 0 Å². The zero-order chi connectivity index (χ0) is 5.70. The molecule has 1 N–H and O–H groups in total. The van der Waals surface area contributed by atoms with E-state index in [2.05, 4.69) is 0 Å². The molecule has 0 aliphatic carbocycles. The molecule has 0 radical (unpaired) electrons. The Morgan fingerprint density at radius 3 is 2.14 bits per heavy atom. The summed E-state index contributed by atoms with van der Waals surface area (Å²) >= 11 is 0. The molecule has 0 rings (SSSR count). The van der Waals surface area contributed by atoms with Crippen molar-refractivity contribution in [1.82, 2.24) is 4.90 Å². The van der Waals surface area contributed by atoms with E-state index in [1.165, 1.54) is 6.21 Å². The van der Waals surface area contributed by atoms with Crippen LogP contribution in [0.3, 0.4) is 0 Å². The van der Waals surface area contributed by atoms with Gasteiger partial charge >= 0.3 is 0 Å². The molecule has 0 aromatic rings. The summed E-state index contributed by atoms with van der Waals surface area (Å²) in [6.45, 7) is 0. The molecule has 0 aliphatic rings. The first-order valence-corrected chi connectivity index (χ1v) is 2.11. The van der Waals surface area contributed by atoms with Gasteiger partial charge in [0.05, 0.1) is 0 Å². The summed E-state index contributed by atoms with van der Waals surface area (Å²) in [6, 6.07) is 0. The Hall–Kier alpha value is -0.790. The molecular weight excluding hydrogens is 88.1 g/mol. The highest BCUT2D eigenvalue weighted by Gasteiger charge is 1.68. The Labute approximate surface area is 44.0 Å². The zero-order valence-corrected chi connectivity index (χ0v) is 4.68. The van der Waals surface area contributed by atoms with Gasteiger partial charge in [-0.05, 0) is 12.3 Å². The smallest absolute Gasteiger partial charge is 0.0192 e. The van der Waals surface area contributed by atoms with Crippen molar-refractivity contribution in [3.05, 3.63) is 12.3 Å². The van der Waals surface area contributed by atoms with Gasteiger partial charge in [0.1, 0.15) is 0 Å². The Bertz CT molecular complexity index is 74.1. The molecule has 0 heterocycles. The fraction of sp³-hybridized carbons (Fsp3) is 0.400. The molecule has 0 unspecified atom stereocenters. The van der Waals surface area contributed by atoms with Crippen LogP contribution in [0.2, 0.25) is 0 Å². The second-order valence-corrected chi connectivity index (χ2v) is 1.47. The van der Waals surface area contributed by atoms with Gasteiger partial charge in [0.2, 0.25) is 0 Å². The molecule has 0 amide bonds. The summed E-state index contributed by atoms with van der Waals surface area (Å²) in [5, 5.41) is 6.56. The molecule has 7 heavy (non-hydrogen) atoms. The van der Waals surface area contributed by atoms with E-state index in [4.69, 9.17) is 5.41 Å². The third-order valence-corrected chi connectivity index (χ3v) is 0.480. The lowest BCUT2D eigenvalue weighted by molar-refractivity contribution is 0.564. The van der Waals surface area contributed by atoms with E-state index in [0.29, 0.717) is 0 Å². The molecule has 40 valence electrons. The minimum absolute atomic E-state index is 1.25. The van der Waals surface area contributed by atoms with Gasteiger partial charge in [0, 0.05) is 20.3 Å². The molecule has 0 aromatic carbocycles. The summed E-state index contributed by atoms with van der Waals surface area (Å²) in [5.41, 5.74) is 0. The van der Waals surface area contributed by atoms with Gasteiger partial charge in [-0.15, -0.1) is 0 Å². The van der Waals surface area contributed by atoms with E-state index in [-0.39, 0.29) is 0 Å². The molecule has 0 aromatic heterocycles. The van der Waals surface area contributed by atoms with Gasteiger partial charge in [-0.1, -0.05) is 0 Å². The first kappa shape index (κ1) is 6.21. The molecule has 0 aliphatic heterocycles. The molecule has 0 spiro atoms. The van der Waals surface area contributed by atoms with Crippen LogP contribution in [0.5, 0.6) is 0 Å². The quantitative estimate of drug-likeness (QED) is 0.506. The maximum Gasteiger partial charge on any atom is 0.0192 e. The highest BCUT2D eigenvalue weighted by atomic mass is 15.0. The van der Waals surface area contributed by atoms with Gasteiger partial charge in [-0.3, -0.25) is 0 Å². The van der Waals surface area contributed by atoms with Crippen LogP contribution in [0.15, 0.2) is 12.3 Å². The van der Waals surface area contributed by atoms with Crippen LogP contribution < -0.4 is 0 Å². The molecule has 0 fully saturated rings. The van der Waals surface area contributed by atoms with Crippen molar-refractivity contribution in [1.29, 1.82) is 5.41 Å². The number of hydrogen-bond acceptors (Lipinski definition) is 2. The average molecular weight is 98.1 g/mol. The number of allylic oxidation sites excluding steroid dienone is 1. The van der Waals surface area contributed by atoms with Crippen molar-refractivity contribution in [3.63, 3.8) is 0 Å². The van der Waals surface area contributed by atoms with Crippen LogP contribution in [-0.4, -0.2) is 25.2 Å². The Balaban J connectivity index is 3.25. The lowest BCUT2D eigenvalue weighted by Gasteiger charge is -1.99. The maximum atomic E-state index is 6.56. The SMILES string of the molecule is CN(C)C=CC=N. The summed E-state index contributed by atoms with van der Waals surface area (Å²) in [7, 11) is 3.83. The lowest BCUT2D eigenvalue weighted by atomic mass is 10.6. The summed E-state index contributed by atoms with van der Waals surface area (Å²) < 4.78 is 0. The lowest BCUT2D eigenvalue weighted by Crippen LogP contribution is -1.99. The van der Waals surface area contributed by atoms with Crippen LogP contribution in [-0.2, 0) is 0 Å². The highest BCUT2D eigenvalue weighted by Crippen LogP contribution is 1.71. The number of hydrogen-bond donors (Lipinski definition) is 1. The number of rotatable bonds is 2. The first-order valence-electron chi connectivity index (χ1n) is 2.11. The van der Waals surface area contributed by atoms with Crippen LogP contribution in [0.1, 0.15) is 0 Å². The van der Waals surface area contributed by atoms with E-state index in [1.807, 2.05) is 25.2 Å². The minimum Gasteiger partial charge on any atom is -0.383 e. The maximum absolute atomic E-state index is 6.56. The zero-order valence-electron chi connectivity index (χ0n) is 4.68. The van der Waals surface area contributed by atoms with E-state index < -0.39 is 0 Å². The van der Waals surface area contributed by atoms with Crippen molar-refractivity contribution in [3.8, 4) is 0 Å². The van der Waals surface area contributed by atoms with Crippen molar-refractivity contribution in [2.24, 2.45) is 0 Å². The number of nitrogens with one attached hydrogen (secondary N) is 1. The average Bonchev–Trinajstić information content (AvgIpc) is 1.61. The summed E-state index contributed by atoms with van der Waals surface area (Å²) in [6.07, 6.45) is 4.73. The predicted molar refractivity (Wildman–Crippen MR) is 31.6 cm³/mol. The van der Waals surface area contributed by atoms with Crippen molar-refractivity contribution in [2.45, 2.75) is 0 Å². The van der Waals surface area contributed by atoms with Gasteiger partial charge in [-0.2, -0.15) is 0 Å². The molecule has 0 saturated carbocycles. The van der Waals surface area contributed by atoms with Crippen molar-refractivity contribution < 1.29 is 0 Å². The fourth-order valence-electron chi connectivity index (χ4n) is 0.215.